The molecule has 9 heteroatoms. The number of amides is 1. The Balaban J connectivity index is 1.71. The Morgan fingerprint density at radius 2 is 2.15 bits per heavy atom. The number of nitro benzene ring substituents is 1. The molecular weight excluding hydrogens is 388 g/mol. The molecule has 0 spiro atoms. The van der Waals surface area contributed by atoms with Gasteiger partial charge >= 0.3 is 0 Å². The molecule has 0 atom stereocenters. The summed E-state index contributed by atoms with van der Waals surface area (Å²) in [6.45, 7) is 7.14. The van der Waals surface area contributed by atoms with E-state index in [1.807, 2.05) is 6.92 Å². The molecule has 0 saturated carbocycles. The van der Waals surface area contributed by atoms with Crippen LogP contribution in [0, 0.1) is 23.0 Å². The third-order valence-corrected chi connectivity index (χ3v) is 6.05. The number of anilines is 1. The fourth-order valence-corrected chi connectivity index (χ4v) is 4.23. The summed E-state index contributed by atoms with van der Waals surface area (Å²) in [6, 6.07) is 3.98. The number of likely N-dealkylation sites (tertiary alicyclic amines) is 1. The SMILES string of the molecule is Cc1nc(NC(=O)c2ccc(Cl)cc2[N+](=O)[O-])sc1CN1CCC(C)CC1. The van der Waals surface area contributed by atoms with Gasteiger partial charge in [-0.25, -0.2) is 4.98 Å². The van der Waals surface area contributed by atoms with Crippen molar-refractivity contribution in [1.29, 1.82) is 0 Å². The lowest BCUT2D eigenvalue weighted by Gasteiger charge is -2.29. The molecule has 1 saturated heterocycles. The van der Waals surface area contributed by atoms with Crippen molar-refractivity contribution in [3.63, 3.8) is 0 Å². The van der Waals surface area contributed by atoms with Crippen molar-refractivity contribution >= 4 is 39.7 Å². The monoisotopic (exact) mass is 408 g/mol. The third kappa shape index (κ3) is 4.82. The summed E-state index contributed by atoms with van der Waals surface area (Å²) in [4.78, 5) is 31.0. The van der Waals surface area contributed by atoms with E-state index in [0.29, 0.717) is 5.13 Å². The first-order valence-corrected chi connectivity index (χ1v) is 9.97. The normalized spacial score (nSPS) is 15.7. The number of carbonyl (C=O) groups excluding carboxylic acids is 1. The van der Waals surface area contributed by atoms with E-state index < -0.39 is 10.8 Å². The molecule has 2 heterocycles. The van der Waals surface area contributed by atoms with Gasteiger partial charge in [-0.1, -0.05) is 18.5 Å². The lowest BCUT2D eigenvalue weighted by atomic mass is 9.99. The van der Waals surface area contributed by atoms with Crippen molar-refractivity contribution < 1.29 is 9.72 Å². The molecule has 3 rings (SSSR count). The number of benzene rings is 1. The van der Waals surface area contributed by atoms with Gasteiger partial charge in [0.15, 0.2) is 5.13 Å². The van der Waals surface area contributed by atoms with Crippen molar-refractivity contribution in [3.05, 3.63) is 49.5 Å². The number of hydrogen-bond donors (Lipinski definition) is 1. The quantitative estimate of drug-likeness (QED) is 0.581. The van der Waals surface area contributed by atoms with E-state index in [2.05, 4.69) is 22.1 Å². The first-order valence-electron chi connectivity index (χ1n) is 8.77. The molecule has 0 unspecified atom stereocenters. The molecule has 0 radical (unpaired) electrons. The summed E-state index contributed by atoms with van der Waals surface area (Å²) >= 11 is 7.21. The molecule has 1 aliphatic rings. The zero-order valence-electron chi connectivity index (χ0n) is 15.2. The number of piperidine rings is 1. The van der Waals surface area contributed by atoms with Crippen LogP contribution >= 0.6 is 22.9 Å². The van der Waals surface area contributed by atoms with Gasteiger partial charge in [0.25, 0.3) is 11.6 Å². The van der Waals surface area contributed by atoms with Gasteiger partial charge in [-0.3, -0.25) is 25.1 Å². The summed E-state index contributed by atoms with van der Waals surface area (Å²) in [7, 11) is 0. The minimum absolute atomic E-state index is 0.0381. The maximum atomic E-state index is 12.5. The molecule has 2 aromatic rings. The van der Waals surface area contributed by atoms with Crippen LogP contribution in [0.4, 0.5) is 10.8 Å². The van der Waals surface area contributed by atoms with Crippen molar-refractivity contribution in [2.24, 2.45) is 5.92 Å². The van der Waals surface area contributed by atoms with Crippen LogP contribution in [0.3, 0.4) is 0 Å². The van der Waals surface area contributed by atoms with Gasteiger partial charge in [-0.15, -0.1) is 11.3 Å². The van der Waals surface area contributed by atoms with Gasteiger partial charge in [0, 0.05) is 22.5 Å². The first-order chi connectivity index (χ1) is 12.8. The van der Waals surface area contributed by atoms with E-state index in [4.69, 9.17) is 11.6 Å². The van der Waals surface area contributed by atoms with Crippen LogP contribution < -0.4 is 5.32 Å². The zero-order valence-corrected chi connectivity index (χ0v) is 16.8. The molecule has 144 valence electrons. The number of halogens is 1. The zero-order chi connectivity index (χ0) is 19.6. The summed E-state index contributed by atoms with van der Waals surface area (Å²) < 4.78 is 0. The summed E-state index contributed by atoms with van der Waals surface area (Å²) in [5, 5.41) is 14.5. The highest BCUT2D eigenvalue weighted by atomic mass is 35.5. The van der Waals surface area contributed by atoms with E-state index in [1.165, 1.54) is 42.4 Å². The fourth-order valence-electron chi connectivity index (χ4n) is 3.06. The Kier molecular flexibility index (Phi) is 6.08. The molecule has 7 nitrogen and oxygen atoms in total. The van der Waals surface area contributed by atoms with Crippen molar-refractivity contribution in [2.75, 3.05) is 18.4 Å². The smallest absolute Gasteiger partial charge is 0.283 e. The lowest BCUT2D eigenvalue weighted by molar-refractivity contribution is -0.385. The molecule has 1 amide bonds. The molecule has 1 aliphatic heterocycles. The van der Waals surface area contributed by atoms with Crippen LogP contribution in [0.2, 0.25) is 5.02 Å². The number of thiazole rings is 1. The van der Waals surface area contributed by atoms with E-state index in [-0.39, 0.29) is 16.3 Å². The van der Waals surface area contributed by atoms with Crippen LogP contribution in [0.15, 0.2) is 18.2 Å². The van der Waals surface area contributed by atoms with Gasteiger partial charge in [0.2, 0.25) is 0 Å². The second kappa shape index (κ2) is 8.33. The maximum Gasteiger partial charge on any atom is 0.283 e. The maximum absolute atomic E-state index is 12.5. The largest absolute Gasteiger partial charge is 0.298 e. The predicted molar refractivity (Wildman–Crippen MR) is 107 cm³/mol. The van der Waals surface area contributed by atoms with Gasteiger partial charge in [-0.05, 0) is 50.9 Å². The number of nitrogens with one attached hydrogen (secondary N) is 1. The number of aryl methyl sites for hydroxylation is 1. The molecule has 1 fully saturated rings. The third-order valence-electron chi connectivity index (χ3n) is 4.76. The predicted octanol–water partition coefficient (Wildman–Crippen LogP) is 4.50. The van der Waals surface area contributed by atoms with Crippen molar-refractivity contribution in [1.82, 2.24) is 9.88 Å². The minimum atomic E-state index is -0.614. The molecule has 1 aromatic carbocycles. The van der Waals surface area contributed by atoms with Crippen LogP contribution in [0.25, 0.3) is 0 Å². The number of rotatable bonds is 5. The standard InChI is InChI=1S/C18H21ClN4O3S/c1-11-5-7-22(8-6-11)10-16-12(2)20-18(27-16)21-17(24)14-4-3-13(19)9-15(14)23(25)26/h3-4,9,11H,5-8,10H2,1-2H3,(H,20,21,24). The second-order valence-corrected chi connectivity index (χ2v) is 8.38. The lowest BCUT2D eigenvalue weighted by Crippen LogP contribution is -2.32. The molecule has 27 heavy (non-hydrogen) atoms. The van der Waals surface area contributed by atoms with Gasteiger partial charge in [0.1, 0.15) is 5.56 Å². The van der Waals surface area contributed by atoms with E-state index in [9.17, 15) is 14.9 Å². The molecule has 0 aliphatic carbocycles. The average Bonchev–Trinajstić information content (AvgIpc) is 2.95. The average molecular weight is 409 g/mol. The number of nitro groups is 1. The van der Waals surface area contributed by atoms with Crippen molar-refractivity contribution in [2.45, 2.75) is 33.2 Å². The molecule has 1 aromatic heterocycles. The topological polar surface area (TPSA) is 88.4 Å². The fraction of sp³-hybridized carbons (Fsp3) is 0.444. The minimum Gasteiger partial charge on any atom is -0.298 e. The highest BCUT2D eigenvalue weighted by molar-refractivity contribution is 7.15. The Morgan fingerprint density at radius 3 is 2.81 bits per heavy atom. The Morgan fingerprint density at radius 1 is 1.44 bits per heavy atom. The Bertz CT molecular complexity index is 862. The number of aromatic nitrogens is 1. The second-order valence-electron chi connectivity index (χ2n) is 6.86. The number of carbonyl (C=O) groups is 1. The van der Waals surface area contributed by atoms with Crippen LogP contribution in [-0.4, -0.2) is 33.8 Å². The van der Waals surface area contributed by atoms with E-state index in [1.54, 1.807) is 0 Å². The summed E-state index contributed by atoms with van der Waals surface area (Å²) in [6.07, 6.45) is 2.39. The first kappa shape index (κ1) is 19.7. The Hall–Kier alpha value is -2.03. The van der Waals surface area contributed by atoms with Crippen LogP contribution in [0.5, 0.6) is 0 Å². The highest BCUT2D eigenvalue weighted by Crippen LogP contribution is 2.28. The number of nitrogens with zero attached hydrogens (tertiary/aromatic N) is 3. The highest BCUT2D eigenvalue weighted by Gasteiger charge is 2.23. The van der Waals surface area contributed by atoms with E-state index >= 15 is 0 Å². The molecular formula is C18H21ClN4O3S. The molecule has 0 bridgehead atoms. The van der Waals surface area contributed by atoms with Gasteiger partial charge in [-0.2, -0.15) is 0 Å². The Labute approximate surface area is 166 Å². The van der Waals surface area contributed by atoms with Gasteiger partial charge < -0.3 is 0 Å². The van der Waals surface area contributed by atoms with Gasteiger partial charge in [0.05, 0.1) is 10.6 Å². The molecule has 1 N–H and O–H groups in total. The summed E-state index contributed by atoms with van der Waals surface area (Å²) in [5.41, 5.74) is 0.513. The van der Waals surface area contributed by atoms with E-state index in [0.717, 1.165) is 36.1 Å². The van der Waals surface area contributed by atoms with Crippen LogP contribution in [-0.2, 0) is 6.54 Å². The number of hydrogen-bond acceptors (Lipinski definition) is 6. The van der Waals surface area contributed by atoms with Crippen molar-refractivity contribution in [3.8, 4) is 0 Å². The summed E-state index contributed by atoms with van der Waals surface area (Å²) in [5.74, 6) is 0.208. The van der Waals surface area contributed by atoms with Crippen LogP contribution in [0.1, 0.15) is 40.7 Å².